The van der Waals surface area contributed by atoms with E-state index in [4.69, 9.17) is 0 Å². The van der Waals surface area contributed by atoms with Gasteiger partial charge in [0.05, 0.1) is 6.04 Å². The molecule has 1 unspecified atom stereocenters. The molecule has 0 radical (unpaired) electrons. The summed E-state index contributed by atoms with van der Waals surface area (Å²) in [7, 11) is 0. The van der Waals surface area contributed by atoms with Crippen molar-refractivity contribution >= 4 is 5.91 Å². The van der Waals surface area contributed by atoms with E-state index in [1.807, 2.05) is 13.8 Å². The SMILES string of the molecule is CC(C)NCCC(=O)NC(C)c1ccccc1OC(F)F. The fraction of sp³-hybridized carbons (Fsp3) is 0.533. The van der Waals surface area contributed by atoms with Gasteiger partial charge in [0.15, 0.2) is 0 Å². The van der Waals surface area contributed by atoms with Crippen LogP contribution in [0.2, 0.25) is 0 Å². The number of nitrogens with one attached hydrogen (secondary N) is 2. The van der Waals surface area contributed by atoms with Gasteiger partial charge in [-0.3, -0.25) is 4.79 Å². The fourth-order valence-electron chi connectivity index (χ4n) is 1.91. The minimum absolute atomic E-state index is 0.0839. The van der Waals surface area contributed by atoms with Crippen molar-refractivity contribution in [3.05, 3.63) is 29.8 Å². The normalized spacial score (nSPS) is 12.5. The number of halogens is 2. The number of alkyl halides is 2. The Morgan fingerprint density at radius 3 is 2.52 bits per heavy atom. The van der Waals surface area contributed by atoms with Crippen molar-refractivity contribution in [2.45, 2.75) is 45.9 Å². The highest BCUT2D eigenvalue weighted by Gasteiger charge is 2.16. The molecule has 1 amide bonds. The number of hydrogen-bond donors (Lipinski definition) is 2. The molecule has 21 heavy (non-hydrogen) atoms. The van der Waals surface area contributed by atoms with Gasteiger partial charge < -0.3 is 15.4 Å². The Hall–Kier alpha value is -1.69. The molecule has 0 fully saturated rings. The Morgan fingerprint density at radius 2 is 1.90 bits per heavy atom. The van der Waals surface area contributed by atoms with E-state index in [1.54, 1.807) is 25.1 Å². The van der Waals surface area contributed by atoms with Crippen molar-refractivity contribution in [2.75, 3.05) is 6.54 Å². The van der Waals surface area contributed by atoms with Gasteiger partial charge in [0.1, 0.15) is 5.75 Å². The fourth-order valence-corrected chi connectivity index (χ4v) is 1.91. The van der Waals surface area contributed by atoms with Crippen molar-refractivity contribution in [3.8, 4) is 5.75 Å². The molecule has 0 saturated carbocycles. The lowest BCUT2D eigenvalue weighted by Gasteiger charge is -2.18. The first-order valence-electron chi connectivity index (χ1n) is 6.96. The number of hydrogen-bond acceptors (Lipinski definition) is 3. The predicted molar refractivity (Wildman–Crippen MR) is 77.4 cm³/mol. The molecule has 1 atom stereocenters. The first kappa shape index (κ1) is 17.4. The molecule has 1 rings (SSSR count). The summed E-state index contributed by atoms with van der Waals surface area (Å²) in [6.07, 6.45) is 0.334. The second-order valence-corrected chi connectivity index (χ2v) is 5.06. The van der Waals surface area contributed by atoms with Crippen molar-refractivity contribution < 1.29 is 18.3 Å². The first-order valence-corrected chi connectivity index (χ1v) is 6.96. The number of rotatable bonds is 8. The van der Waals surface area contributed by atoms with Gasteiger partial charge >= 0.3 is 6.61 Å². The lowest BCUT2D eigenvalue weighted by Crippen LogP contribution is -2.32. The van der Waals surface area contributed by atoms with Crippen LogP contribution in [0.25, 0.3) is 0 Å². The molecule has 1 aromatic carbocycles. The molecule has 4 nitrogen and oxygen atoms in total. The third-order valence-electron chi connectivity index (χ3n) is 2.88. The molecule has 0 aliphatic heterocycles. The molecule has 0 aliphatic rings. The molecule has 0 heterocycles. The molecule has 0 bridgehead atoms. The number of amides is 1. The van der Waals surface area contributed by atoms with Gasteiger partial charge in [-0.05, 0) is 13.0 Å². The van der Waals surface area contributed by atoms with Gasteiger partial charge in [-0.25, -0.2) is 0 Å². The molecule has 6 heteroatoms. The van der Waals surface area contributed by atoms with Crippen molar-refractivity contribution in [2.24, 2.45) is 0 Å². The molecule has 0 saturated heterocycles. The number of ether oxygens (including phenoxy) is 1. The van der Waals surface area contributed by atoms with Crippen LogP contribution in [0.3, 0.4) is 0 Å². The highest BCUT2D eigenvalue weighted by Crippen LogP contribution is 2.26. The van der Waals surface area contributed by atoms with E-state index in [0.717, 1.165) is 0 Å². The maximum absolute atomic E-state index is 12.4. The van der Waals surface area contributed by atoms with Crippen LogP contribution in [-0.2, 0) is 4.79 Å². The monoisotopic (exact) mass is 300 g/mol. The minimum Gasteiger partial charge on any atom is -0.434 e. The topological polar surface area (TPSA) is 50.4 Å². The van der Waals surface area contributed by atoms with Crippen LogP contribution in [0, 0.1) is 0 Å². The summed E-state index contributed by atoms with van der Waals surface area (Å²) in [4.78, 5) is 11.8. The summed E-state index contributed by atoms with van der Waals surface area (Å²) in [6.45, 7) is 3.42. The molecule has 2 N–H and O–H groups in total. The van der Waals surface area contributed by atoms with Crippen molar-refractivity contribution in [3.63, 3.8) is 0 Å². The Kier molecular flexibility index (Phi) is 7.08. The third-order valence-corrected chi connectivity index (χ3v) is 2.88. The summed E-state index contributed by atoms with van der Waals surface area (Å²) >= 11 is 0. The number of para-hydroxylation sites is 1. The van der Waals surface area contributed by atoms with Crippen molar-refractivity contribution in [1.82, 2.24) is 10.6 Å². The van der Waals surface area contributed by atoms with E-state index < -0.39 is 12.7 Å². The molecule has 0 aromatic heterocycles. The van der Waals surface area contributed by atoms with Gasteiger partial charge in [-0.1, -0.05) is 32.0 Å². The Morgan fingerprint density at radius 1 is 1.24 bits per heavy atom. The summed E-state index contributed by atoms with van der Waals surface area (Å²) in [5, 5.41) is 5.92. The van der Waals surface area contributed by atoms with Gasteiger partial charge in [0, 0.05) is 24.6 Å². The summed E-state index contributed by atoms with van der Waals surface area (Å²) in [5.74, 6) is -0.0527. The third kappa shape index (κ3) is 6.53. The lowest BCUT2D eigenvalue weighted by atomic mass is 10.1. The second-order valence-electron chi connectivity index (χ2n) is 5.06. The largest absolute Gasteiger partial charge is 0.434 e. The highest BCUT2D eigenvalue weighted by molar-refractivity contribution is 5.76. The standard InChI is InChI=1S/C15H22F2N2O2/c1-10(2)18-9-8-14(20)19-11(3)12-6-4-5-7-13(12)21-15(16)17/h4-7,10-11,15,18H,8-9H2,1-3H3,(H,19,20). The van der Waals surface area contributed by atoms with Gasteiger partial charge in [0.2, 0.25) is 5.91 Å². The van der Waals surface area contributed by atoms with Gasteiger partial charge in [-0.15, -0.1) is 0 Å². The van der Waals surface area contributed by atoms with Crippen LogP contribution in [0.5, 0.6) is 5.75 Å². The molecule has 118 valence electrons. The van der Waals surface area contributed by atoms with Crippen molar-refractivity contribution in [1.29, 1.82) is 0 Å². The lowest BCUT2D eigenvalue weighted by molar-refractivity contribution is -0.121. The average molecular weight is 300 g/mol. The van der Waals surface area contributed by atoms with E-state index in [2.05, 4.69) is 15.4 Å². The van der Waals surface area contributed by atoms with E-state index in [-0.39, 0.29) is 11.7 Å². The zero-order valence-corrected chi connectivity index (χ0v) is 12.5. The van der Waals surface area contributed by atoms with Crippen LogP contribution >= 0.6 is 0 Å². The Bertz CT molecular complexity index is 453. The quantitative estimate of drug-likeness (QED) is 0.776. The zero-order chi connectivity index (χ0) is 15.8. The van der Waals surface area contributed by atoms with Crippen LogP contribution in [0.4, 0.5) is 8.78 Å². The van der Waals surface area contributed by atoms with E-state index in [0.29, 0.717) is 24.6 Å². The summed E-state index contributed by atoms with van der Waals surface area (Å²) in [5.41, 5.74) is 0.531. The highest BCUT2D eigenvalue weighted by atomic mass is 19.3. The van der Waals surface area contributed by atoms with Gasteiger partial charge in [-0.2, -0.15) is 8.78 Å². The first-order chi connectivity index (χ1) is 9.90. The zero-order valence-electron chi connectivity index (χ0n) is 12.5. The second kappa shape index (κ2) is 8.56. The Balaban J connectivity index is 2.58. The maximum Gasteiger partial charge on any atom is 0.387 e. The Labute approximate surface area is 123 Å². The number of benzene rings is 1. The van der Waals surface area contributed by atoms with E-state index in [9.17, 15) is 13.6 Å². The van der Waals surface area contributed by atoms with Crippen LogP contribution in [-0.4, -0.2) is 25.1 Å². The smallest absolute Gasteiger partial charge is 0.387 e. The van der Waals surface area contributed by atoms with E-state index >= 15 is 0 Å². The number of carbonyl (C=O) groups is 1. The average Bonchev–Trinajstić information content (AvgIpc) is 2.37. The molecule has 0 aliphatic carbocycles. The van der Waals surface area contributed by atoms with E-state index in [1.165, 1.54) is 6.07 Å². The van der Waals surface area contributed by atoms with Crippen LogP contribution < -0.4 is 15.4 Å². The number of carbonyl (C=O) groups excluding carboxylic acids is 1. The van der Waals surface area contributed by atoms with Gasteiger partial charge in [0.25, 0.3) is 0 Å². The molecule has 1 aromatic rings. The summed E-state index contributed by atoms with van der Waals surface area (Å²) in [6, 6.07) is 6.38. The molecular weight excluding hydrogens is 278 g/mol. The van der Waals surface area contributed by atoms with Crippen LogP contribution in [0.1, 0.15) is 38.8 Å². The molecule has 0 spiro atoms. The van der Waals surface area contributed by atoms with Crippen LogP contribution in [0.15, 0.2) is 24.3 Å². The summed E-state index contributed by atoms with van der Waals surface area (Å²) < 4.78 is 29.2. The minimum atomic E-state index is -2.88. The predicted octanol–water partition coefficient (Wildman–Crippen LogP) is 2.85. The molecular formula is C15H22F2N2O2. The maximum atomic E-state index is 12.4.